The van der Waals surface area contributed by atoms with Crippen molar-refractivity contribution in [1.82, 2.24) is 5.32 Å². The summed E-state index contributed by atoms with van der Waals surface area (Å²) in [6, 6.07) is 0. The molecule has 1 N–H and O–H groups in total. The quantitative estimate of drug-likeness (QED) is 0.464. The molecule has 0 saturated carbocycles. The molecule has 0 rings (SSSR count). The van der Waals surface area contributed by atoms with E-state index in [9.17, 15) is 4.79 Å². The van der Waals surface area contributed by atoms with E-state index < -0.39 is 0 Å². The number of carbonyl (C=O) groups excluding carboxylic acids is 1. The molecule has 0 fully saturated rings. The second-order valence-corrected chi connectivity index (χ2v) is 1.83. The van der Waals surface area contributed by atoms with Gasteiger partial charge in [0.1, 0.15) is 0 Å². The summed E-state index contributed by atoms with van der Waals surface area (Å²) in [6.45, 7) is 2.72. The van der Waals surface area contributed by atoms with E-state index in [-0.39, 0.29) is 5.91 Å². The smallest absolute Gasteiger partial charge is 0.247 e. The first-order valence-corrected chi connectivity index (χ1v) is 3.28. The fraction of sp³-hybridized carbons (Fsp3) is 0.571. The number of amides is 1. The Morgan fingerprint density at radius 3 is 2.90 bits per heavy atom. The van der Waals surface area contributed by atoms with Gasteiger partial charge in [-0.2, -0.15) is 0 Å². The number of ether oxygens (including phenoxy) is 1. The zero-order valence-electron chi connectivity index (χ0n) is 6.39. The normalized spacial score (nSPS) is 9.80. The average Bonchev–Trinajstić information content (AvgIpc) is 1.97. The Kier molecular flexibility index (Phi) is 5.53. The van der Waals surface area contributed by atoms with Crippen LogP contribution in [-0.2, 0) is 9.53 Å². The van der Waals surface area contributed by atoms with Crippen molar-refractivity contribution in [3.05, 3.63) is 12.3 Å². The maximum absolute atomic E-state index is 10.7. The Balaban J connectivity index is 3.34. The predicted octanol–water partition coefficient (Wildman–Crippen LogP) is 0.673. The van der Waals surface area contributed by atoms with Gasteiger partial charge in [0.05, 0.1) is 13.4 Å². The molecular weight excluding hydrogens is 130 g/mol. The van der Waals surface area contributed by atoms with E-state index in [0.29, 0.717) is 6.54 Å². The van der Waals surface area contributed by atoms with Crippen LogP contribution in [0.4, 0.5) is 0 Å². The Hall–Kier alpha value is -0.990. The van der Waals surface area contributed by atoms with Gasteiger partial charge in [0.25, 0.3) is 0 Å². The molecule has 0 aliphatic heterocycles. The highest BCUT2D eigenvalue weighted by Crippen LogP contribution is 1.75. The minimum absolute atomic E-state index is 0.108. The monoisotopic (exact) mass is 143 g/mol. The Morgan fingerprint density at radius 1 is 1.70 bits per heavy atom. The van der Waals surface area contributed by atoms with Crippen LogP contribution in [0.15, 0.2) is 12.3 Å². The SMILES string of the molecule is CCCNC(=O)/C=C/OC. The van der Waals surface area contributed by atoms with Crippen molar-refractivity contribution in [2.75, 3.05) is 13.7 Å². The van der Waals surface area contributed by atoms with Crippen molar-refractivity contribution in [2.24, 2.45) is 0 Å². The van der Waals surface area contributed by atoms with E-state index in [0.717, 1.165) is 6.42 Å². The number of hydrogen-bond acceptors (Lipinski definition) is 2. The summed E-state index contributed by atoms with van der Waals surface area (Å²) in [5.41, 5.74) is 0. The molecule has 0 aromatic heterocycles. The molecule has 10 heavy (non-hydrogen) atoms. The summed E-state index contributed by atoms with van der Waals surface area (Å²) in [5, 5.41) is 2.66. The van der Waals surface area contributed by atoms with Gasteiger partial charge < -0.3 is 10.1 Å². The summed E-state index contributed by atoms with van der Waals surface area (Å²) in [5.74, 6) is -0.108. The summed E-state index contributed by atoms with van der Waals surface area (Å²) in [6.07, 6.45) is 3.66. The van der Waals surface area contributed by atoms with Gasteiger partial charge in [-0.25, -0.2) is 0 Å². The van der Waals surface area contributed by atoms with Gasteiger partial charge in [-0.3, -0.25) is 4.79 Å². The van der Waals surface area contributed by atoms with E-state index in [1.807, 2.05) is 6.92 Å². The highest BCUT2D eigenvalue weighted by Gasteiger charge is 1.89. The summed E-state index contributed by atoms with van der Waals surface area (Å²) in [4.78, 5) is 10.7. The lowest BCUT2D eigenvalue weighted by Gasteiger charge is -1.96. The lowest BCUT2D eigenvalue weighted by atomic mass is 10.4. The van der Waals surface area contributed by atoms with Gasteiger partial charge in [0, 0.05) is 12.6 Å². The second-order valence-electron chi connectivity index (χ2n) is 1.83. The molecule has 0 aliphatic carbocycles. The van der Waals surface area contributed by atoms with Crippen molar-refractivity contribution in [2.45, 2.75) is 13.3 Å². The molecule has 0 aromatic carbocycles. The fourth-order valence-corrected chi connectivity index (χ4v) is 0.437. The molecular formula is C7H13NO2. The molecule has 0 aliphatic rings. The van der Waals surface area contributed by atoms with Crippen molar-refractivity contribution in [1.29, 1.82) is 0 Å². The molecule has 0 spiro atoms. The van der Waals surface area contributed by atoms with Crippen LogP contribution in [0.2, 0.25) is 0 Å². The van der Waals surface area contributed by atoms with E-state index in [2.05, 4.69) is 10.1 Å². The lowest BCUT2D eigenvalue weighted by molar-refractivity contribution is -0.116. The van der Waals surface area contributed by atoms with Crippen LogP contribution in [0.3, 0.4) is 0 Å². The zero-order valence-corrected chi connectivity index (χ0v) is 6.39. The summed E-state index contributed by atoms with van der Waals surface area (Å²) >= 11 is 0. The molecule has 0 saturated heterocycles. The Labute approximate surface area is 61.1 Å². The number of rotatable bonds is 4. The molecule has 0 aromatic rings. The first-order chi connectivity index (χ1) is 4.81. The molecule has 3 nitrogen and oxygen atoms in total. The predicted molar refractivity (Wildman–Crippen MR) is 39.4 cm³/mol. The van der Waals surface area contributed by atoms with Crippen LogP contribution < -0.4 is 5.32 Å². The molecule has 0 heterocycles. The number of nitrogens with one attached hydrogen (secondary N) is 1. The van der Waals surface area contributed by atoms with Crippen LogP contribution in [0, 0.1) is 0 Å². The molecule has 58 valence electrons. The van der Waals surface area contributed by atoms with E-state index in [1.54, 1.807) is 0 Å². The van der Waals surface area contributed by atoms with Crippen LogP contribution in [0.5, 0.6) is 0 Å². The van der Waals surface area contributed by atoms with Crippen molar-refractivity contribution in [3.63, 3.8) is 0 Å². The van der Waals surface area contributed by atoms with Gasteiger partial charge in [-0.1, -0.05) is 6.92 Å². The highest BCUT2D eigenvalue weighted by atomic mass is 16.5. The van der Waals surface area contributed by atoms with Gasteiger partial charge in [0.15, 0.2) is 0 Å². The Morgan fingerprint density at radius 2 is 2.40 bits per heavy atom. The summed E-state index contributed by atoms with van der Waals surface area (Å²) < 4.78 is 4.55. The number of methoxy groups -OCH3 is 1. The van der Waals surface area contributed by atoms with E-state index >= 15 is 0 Å². The van der Waals surface area contributed by atoms with Gasteiger partial charge in [-0.05, 0) is 6.42 Å². The maximum atomic E-state index is 10.7. The topological polar surface area (TPSA) is 38.3 Å². The van der Waals surface area contributed by atoms with Crippen molar-refractivity contribution in [3.8, 4) is 0 Å². The third-order valence-corrected chi connectivity index (χ3v) is 0.905. The van der Waals surface area contributed by atoms with Gasteiger partial charge in [-0.15, -0.1) is 0 Å². The average molecular weight is 143 g/mol. The highest BCUT2D eigenvalue weighted by molar-refractivity contribution is 5.87. The van der Waals surface area contributed by atoms with Crippen molar-refractivity contribution >= 4 is 5.91 Å². The number of carbonyl (C=O) groups is 1. The molecule has 1 amide bonds. The maximum Gasteiger partial charge on any atom is 0.247 e. The Bertz CT molecular complexity index is 121. The minimum Gasteiger partial charge on any atom is -0.504 e. The van der Waals surface area contributed by atoms with Crippen LogP contribution >= 0.6 is 0 Å². The molecule has 0 bridgehead atoms. The summed E-state index contributed by atoms with van der Waals surface area (Å²) in [7, 11) is 1.50. The third kappa shape index (κ3) is 5.15. The molecule has 0 atom stereocenters. The molecule has 0 radical (unpaired) electrons. The lowest BCUT2D eigenvalue weighted by Crippen LogP contribution is -2.21. The van der Waals surface area contributed by atoms with Crippen LogP contribution in [0.1, 0.15) is 13.3 Å². The first-order valence-electron chi connectivity index (χ1n) is 3.28. The van der Waals surface area contributed by atoms with E-state index in [1.165, 1.54) is 19.4 Å². The standard InChI is InChI=1S/C7H13NO2/c1-3-5-8-7(9)4-6-10-2/h4,6H,3,5H2,1-2H3,(H,8,9)/b6-4+. The van der Waals surface area contributed by atoms with Crippen LogP contribution in [0.25, 0.3) is 0 Å². The largest absolute Gasteiger partial charge is 0.504 e. The first kappa shape index (κ1) is 9.01. The molecule has 3 heteroatoms. The molecule has 0 unspecified atom stereocenters. The van der Waals surface area contributed by atoms with E-state index in [4.69, 9.17) is 0 Å². The second kappa shape index (κ2) is 6.13. The zero-order chi connectivity index (χ0) is 7.82. The fourth-order valence-electron chi connectivity index (χ4n) is 0.437. The third-order valence-electron chi connectivity index (χ3n) is 0.905. The van der Waals surface area contributed by atoms with Gasteiger partial charge in [0.2, 0.25) is 5.91 Å². The van der Waals surface area contributed by atoms with Crippen molar-refractivity contribution < 1.29 is 9.53 Å². The van der Waals surface area contributed by atoms with Crippen LogP contribution in [-0.4, -0.2) is 19.6 Å². The van der Waals surface area contributed by atoms with Gasteiger partial charge >= 0.3 is 0 Å². The minimum atomic E-state index is -0.108. The number of hydrogen-bond donors (Lipinski definition) is 1.